The minimum absolute atomic E-state index is 0.0779. The predicted molar refractivity (Wildman–Crippen MR) is 121 cm³/mol. The van der Waals surface area contributed by atoms with Gasteiger partial charge in [-0.05, 0) is 30.5 Å². The van der Waals surface area contributed by atoms with Crippen LogP contribution in [0.2, 0.25) is 0 Å². The van der Waals surface area contributed by atoms with E-state index in [-0.39, 0.29) is 12.5 Å². The first-order valence-corrected chi connectivity index (χ1v) is 11.6. The number of thiophene rings is 1. The number of anilines is 1. The number of nitrogens with one attached hydrogen (secondary N) is 1. The van der Waals surface area contributed by atoms with Gasteiger partial charge in [0.2, 0.25) is 0 Å². The number of hydrogen-bond donors (Lipinski definition) is 1. The number of nitrogens with zero attached hydrogens (tertiary/aromatic N) is 2. The Balaban J connectivity index is 1.48. The van der Waals surface area contributed by atoms with Gasteiger partial charge in [-0.2, -0.15) is 5.26 Å². The van der Waals surface area contributed by atoms with E-state index >= 15 is 0 Å². The fourth-order valence-electron chi connectivity index (χ4n) is 2.94. The standard InChI is InChI=1S/C21H17N3O2S3/c1-13-23-20-18(29-13)11-16(14-7-10-28-21(14)20)26-12-19(25)24-15-5-2-3-6-17(15)27-9-4-8-22/h2-3,5-7,10-11H,4,9,12H2,1H3,(H,24,25). The zero-order valence-electron chi connectivity index (χ0n) is 15.6. The van der Waals surface area contributed by atoms with Gasteiger partial charge in [0, 0.05) is 28.5 Å². The van der Waals surface area contributed by atoms with Crippen LogP contribution in [0.1, 0.15) is 11.4 Å². The number of fused-ring (bicyclic) bond motifs is 3. The average Bonchev–Trinajstić information content (AvgIpc) is 3.33. The van der Waals surface area contributed by atoms with Gasteiger partial charge in [0.05, 0.1) is 31.7 Å². The Morgan fingerprint density at radius 1 is 1.34 bits per heavy atom. The molecule has 0 fully saturated rings. The maximum absolute atomic E-state index is 12.5. The molecule has 4 aromatic rings. The molecule has 5 nitrogen and oxygen atoms in total. The number of thioether (sulfide) groups is 1. The lowest BCUT2D eigenvalue weighted by Gasteiger charge is -2.11. The molecule has 0 bridgehead atoms. The molecule has 2 aromatic carbocycles. The third-order valence-electron chi connectivity index (χ3n) is 4.16. The van der Waals surface area contributed by atoms with Crippen LogP contribution >= 0.6 is 34.4 Å². The monoisotopic (exact) mass is 439 g/mol. The van der Waals surface area contributed by atoms with E-state index in [4.69, 9.17) is 10.00 Å². The first-order valence-electron chi connectivity index (χ1n) is 8.94. The van der Waals surface area contributed by atoms with Crippen molar-refractivity contribution >= 4 is 66.3 Å². The van der Waals surface area contributed by atoms with E-state index in [9.17, 15) is 4.79 Å². The van der Waals surface area contributed by atoms with E-state index in [2.05, 4.69) is 16.4 Å². The number of carbonyl (C=O) groups is 1. The SMILES string of the molecule is Cc1nc2c(cc(OCC(=O)Nc3ccccc3SCCC#N)c3ccsc32)s1. The lowest BCUT2D eigenvalue weighted by atomic mass is 10.2. The van der Waals surface area contributed by atoms with E-state index in [1.807, 2.05) is 48.7 Å². The Kier molecular flexibility index (Phi) is 6.00. The Labute approximate surface area is 180 Å². The van der Waals surface area contributed by atoms with Crippen molar-refractivity contribution in [1.29, 1.82) is 5.26 Å². The van der Waals surface area contributed by atoms with E-state index < -0.39 is 0 Å². The van der Waals surface area contributed by atoms with E-state index in [1.54, 1.807) is 34.4 Å². The second kappa shape index (κ2) is 8.82. The Bertz CT molecular complexity index is 1220. The van der Waals surface area contributed by atoms with Gasteiger partial charge < -0.3 is 10.1 Å². The molecule has 0 saturated carbocycles. The van der Waals surface area contributed by atoms with Crippen LogP contribution < -0.4 is 10.1 Å². The molecule has 2 aromatic heterocycles. The molecule has 4 rings (SSSR count). The molecule has 0 aliphatic rings. The summed E-state index contributed by atoms with van der Waals surface area (Å²) >= 11 is 4.81. The van der Waals surface area contributed by atoms with Gasteiger partial charge in [-0.15, -0.1) is 34.4 Å². The van der Waals surface area contributed by atoms with Gasteiger partial charge in [-0.25, -0.2) is 4.98 Å². The maximum Gasteiger partial charge on any atom is 0.262 e. The predicted octanol–water partition coefficient (Wildman–Crippen LogP) is 5.84. The molecule has 0 aliphatic carbocycles. The maximum atomic E-state index is 12.5. The minimum atomic E-state index is -0.220. The van der Waals surface area contributed by atoms with Crippen molar-refractivity contribution in [2.45, 2.75) is 18.2 Å². The second-order valence-electron chi connectivity index (χ2n) is 6.21. The Hall–Kier alpha value is -2.60. The van der Waals surface area contributed by atoms with Gasteiger partial charge in [0.25, 0.3) is 5.91 Å². The molecule has 2 heterocycles. The first kappa shape index (κ1) is 19.7. The van der Waals surface area contributed by atoms with Crippen molar-refractivity contribution in [1.82, 2.24) is 4.98 Å². The summed E-state index contributed by atoms with van der Waals surface area (Å²) in [6.45, 7) is 1.91. The Morgan fingerprint density at radius 2 is 2.21 bits per heavy atom. The van der Waals surface area contributed by atoms with Crippen LogP contribution in [0.5, 0.6) is 5.75 Å². The van der Waals surface area contributed by atoms with Crippen LogP contribution in [0.3, 0.4) is 0 Å². The average molecular weight is 440 g/mol. The quantitative estimate of drug-likeness (QED) is 0.289. The highest BCUT2D eigenvalue weighted by molar-refractivity contribution is 7.99. The molecular formula is C21H17N3O2S3. The van der Waals surface area contributed by atoms with Crippen LogP contribution in [0.4, 0.5) is 5.69 Å². The summed E-state index contributed by atoms with van der Waals surface area (Å²) in [5.74, 6) is 1.16. The number of rotatable bonds is 7. The zero-order chi connectivity index (χ0) is 20.2. The third kappa shape index (κ3) is 4.37. The zero-order valence-corrected chi connectivity index (χ0v) is 18.0. The summed E-state index contributed by atoms with van der Waals surface area (Å²) in [6, 6.07) is 13.7. The van der Waals surface area contributed by atoms with E-state index in [0.717, 1.165) is 35.9 Å². The number of thiazole rings is 1. The highest BCUT2D eigenvalue weighted by atomic mass is 32.2. The smallest absolute Gasteiger partial charge is 0.262 e. The topological polar surface area (TPSA) is 75.0 Å². The lowest BCUT2D eigenvalue weighted by Crippen LogP contribution is -2.20. The molecule has 0 unspecified atom stereocenters. The van der Waals surface area contributed by atoms with Crippen molar-refractivity contribution in [3.63, 3.8) is 0 Å². The van der Waals surface area contributed by atoms with Crippen molar-refractivity contribution in [3.8, 4) is 11.8 Å². The van der Waals surface area contributed by atoms with Gasteiger partial charge in [-0.1, -0.05) is 12.1 Å². The number of carbonyl (C=O) groups excluding carboxylic acids is 1. The molecule has 0 spiro atoms. The van der Waals surface area contributed by atoms with Gasteiger partial charge in [-0.3, -0.25) is 4.79 Å². The molecule has 1 N–H and O–H groups in total. The van der Waals surface area contributed by atoms with E-state index in [1.165, 1.54) is 0 Å². The first-order chi connectivity index (χ1) is 14.2. The molecular weight excluding hydrogens is 422 g/mol. The summed E-state index contributed by atoms with van der Waals surface area (Å²) < 4.78 is 8.04. The molecule has 0 aliphatic heterocycles. The summed E-state index contributed by atoms with van der Waals surface area (Å²) in [7, 11) is 0. The number of nitriles is 1. The van der Waals surface area contributed by atoms with Crippen molar-refractivity contribution < 1.29 is 9.53 Å². The normalized spacial score (nSPS) is 10.9. The van der Waals surface area contributed by atoms with Gasteiger partial charge >= 0.3 is 0 Å². The summed E-state index contributed by atoms with van der Waals surface area (Å²) in [6.07, 6.45) is 0.465. The third-order valence-corrected chi connectivity index (χ3v) is 7.07. The lowest BCUT2D eigenvalue weighted by molar-refractivity contribution is -0.118. The summed E-state index contributed by atoms with van der Waals surface area (Å²) in [4.78, 5) is 18.1. The molecule has 0 saturated heterocycles. The van der Waals surface area contributed by atoms with Crippen LogP contribution in [-0.4, -0.2) is 23.3 Å². The highest BCUT2D eigenvalue weighted by Gasteiger charge is 2.14. The van der Waals surface area contributed by atoms with Crippen molar-refractivity contribution in [3.05, 3.63) is 46.8 Å². The molecule has 0 radical (unpaired) electrons. The highest BCUT2D eigenvalue weighted by Crippen LogP contribution is 2.38. The van der Waals surface area contributed by atoms with Crippen LogP contribution in [0.25, 0.3) is 20.3 Å². The number of ether oxygens (including phenoxy) is 1. The molecule has 146 valence electrons. The van der Waals surface area contributed by atoms with Crippen molar-refractivity contribution in [2.24, 2.45) is 0 Å². The van der Waals surface area contributed by atoms with Crippen LogP contribution in [0, 0.1) is 18.3 Å². The summed E-state index contributed by atoms with van der Waals surface area (Å²) in [5.41, 5.74) is 1.73. The number of benzene rings is 2. The molecule has 29 heavy (non-hydrogen) atoms. The number of aromatic nitrogens is 1. The fraction of sp³-hybridized carbons (Fsp3) is 0.190. The number of aryl methyl sites for hydroxylation is 1. The minimum Gasteiger partial charge on any atom is -0.483 e. The van der Waals surface area contributed by atoms with Crippen LogP contribution in [-0.2, 0) is 4.79 Å². The van der Waals surface area contributed by atoms with Gasteiger partial charge in [0.1, 0.15) is 5.75 Å². The largest absolute Gasteiger partial charge is 0.483 e. The van der Waals surface area contributed by atoms with E-state index in [0.29, 0.717) is 17.9 Å². The Morgan fingerprint density at radius 3 is 3.07 bits per heavy atom. The molecule has 8 heteroatoms. The number of para-hydroxylation sites is 1. The number of hydrogen-bond acceptors (Lipinski definition) is 7. The number of amides is 1. The van der Waals surface area contributed by atoms with Gasteiger partial charge in [0.15, 0.2) is 6.61 Å². The second-order valence-corrected chi connectivity index (χ2v) is 9.49. The van der Waals surface area contributed by atoms with Crippen LogP contribution in [0.15, 0.2) is 46.7 Å². The molecule has 0 atom stereocenters. The van der Waals surface area contributed by atoms with Crippen molar-refractivity contribution in [2.75, 3.05) is 17.7 Å². The fourth-order valence-corrected chi connectivity index (χ4v) is 5.63. The summed E-state index contributed by atoms with van der Waals surface area (Å²) in [5, 5.41) is 15.6. The molecule has 1 amide bonds.